The smallest absolute Gasteiger partial charge is 0.418 e. The molecule has 2 saturated heterocycles. The summed E-state index contributed by atoms with van der Waals surface area (Å²) in [6.07, 6.45) is -1.80. The van der Waals surface area contributed by atoms with Gasteiger partial charge in [-0.25, -0.2) is 0 Å². The summed E-state index contributed by atoms with van der Waals surface area (Å²) in [4.78, 5) is 29.0. The van der Waals surface area contributed by atoms with Crippen LogP contribution in [0, 0.1) is 0 Å². The monoisotopic (exact) mass is 766 g/mol. The van der Waals surface area contributed by atoms with Crippen LogP contribution in [0.25, 0.3) is 0 Å². The topological polar surface area (TPSA) is 115 Å². The van der Waals surface area contributed by atoms with E-state index in [1.807, 2.05) is 11.6 Å². The number of aryl methyl sites for hydroxylation is 1. The van der Waals surface area contributed by atoms with Crippen molar-refractivity contribution in [1.82, 2.24) is 29.5 Å². The molecule has 0 spiro atoms. The summed E-state index contributed by atoms with van der Waals surface area (Å²) in [6.45, 7) is 8.45. The molecule has 1 unspecified atom stereocenters. The summed E-state index contributed by atoms with van der Waals surface area (Å²) < 4.78 is 77.6. The predicted octanol–water partition coefficient (Wildman–Crippen LogP) is 6.82. The van der Waals surface area contributed by atoms with E-state index in [-0.39, 0.29) is 41.7 Å². The lowest BCUT2D eigenvalue weighted by Gasteiger charge is -2.33. The van der Waals surface area contributed by atoms with Crippen LogP contribution in [0.2, 0.25) is 5.02 Å². The molecule has 0 bridgehead atoms. The molecule has 53 heavy (non-hydrogen) atoms. The van der Waals surface area contributed by atoms with Gasteiger partial charge in [0.2, 0.25) is 0 Å². The third-order valence-electron chi connectivity index (χ3n) is 10.5. The van der Waals surface area contributed by atoms with Crippen LogP contribution in [0.4, 0.5) is 33.5 Å². The zero-order valence-corrected chi connectivity index (χ0v) is 30.8. The molecule has 4 aliphatic heterocycles. The van der Waals surface area contributed by atoms with Crippen LogP contribution in [-0.4, -0.2) is 81.3 Å². The molecule has 11 nitrogen and oxygen atoms in total. The Balaban J connectivity index is 0.00000114. The van der Waals surface area contributed by atoms with Crippen LogP contribution in [0.1, 0.15) is 89.3 Å². The Morgan fingerprint density at radius 3 is 2.47 bits per heavy atom. The van der Waals surface area contributed by atoms with E-state index in [0.29, 0.717) is 55.4 Å². The second kappa shape index (κ2) is 15.4. The molecule has 0 radical (unpaired) electrons. The van der Waals surface area contributed by atoms with E-state index in [0.717, 1.165) is 62.5 Å². The molecular formula is C36H44ClF5N8O3. The van der Waals surface area contributed by atoms with Gasteiger partial charge in [-0.3, -0.25) is 14.4 Å². The number of nitrogens with two attached hydrogens (primary N) is 1. The van der Waals surface area contributed by atoms with Crippen LogP contribution in [0.15, 0.2) is 24.8 Å². The third-order valence-corrected chi connectivity index (χ3v) is 10.8. The summed E-state index contributed by atoms with van der Waals surface area (Å²) in [5.74, 6) is 0.468. The SMILES string of the molecule is C=C(F)F.CCc1c(C(=O)N(C)C)nn2c1CN(c1nc(OCC34CCCN3CCC4)nc3c1COC(c1cc(N)cc(Cl)c1C(F)(F)F)C3)CCC2. The zero-order chi connectivity index (χ0) is 38.2. The van der Waals surface area contributed by atoms with Gasteiger partial charge in [0.05, 0.1) is 46.8 Å². The predicted molar refractivity (Wildman–Crippen MR) is 189 cm³/mol. The summed E-state index contributed by atoms with van der Waals surface area (Å²) in [7, 11) is 3.43. The van der Waals surface area contributed by atoms with E-state index in [9.17, 15) is 26.7 Å². The number of carbonyl (C=O) groups excluding carboxylic acids is 1. The van der Waals surface area contributed by atoms with Crippen molar-refractivity contribution >= 4 is 29.0 Å². The van der Waals surface area contributed by atoms with Crippen LogP contribution in [-0.2, 0) is 43.5 Å². The van der Waals surface area contributed by atoms with Crippen LogP contribution in [0.5, 0.6) is 6.01 Å². The molecule has 0 aliphatic carbocycles. The number of carbonyl (C=O) groups is 1. The number of benzene rings is 1. The maximum atomic E-state index is 14.3. The maximum Gasteiger partial charge on any atom is 0.418 e. The molecule has 1 amide bonds. The molecule has 1 aromatic carbocycles. The Morgan fingerprint density at radius 2 is 1.83 bits per heavy atom. The second-order valence-corrected chi connectivity index (χ2v) is 14.5. The minimum absolute atomic E-state index is 0.0161. The summed E-state index contributed by atoms with van der Waals surface area (Å²) in [5.41, 5.74) is 8.50. The minimum atomic E-state index is -4.71. The quantitative estimate of drug-likeness (QED) is 0.205. The minimum Gasteiger partial charge on any atom is -0.461 e. The number of rotatable bonds is 7. The standard InChI is InChI=1S/C34H42ClF3N8O3.C2H2F2/c1-4-21-26-17-44(10-7-13-46(26)42-29(21)31(47)43(2)3)30-23-18-48-27(22-14-20(39)15-24(35)28(22)34(36,37)38)16-25(23)40-32(41-30)49-19-33-8-5-11-45(33)12-6-9-33;1-2(3)4/h14-15,27H,4-13,16-19,39H2,1-3H3;1H2. The van der Waals surface area contributed by atoms with Crippen LogP contribution in [0.3, 0.4) is 0 Å². The number of anilines is 2. The summed E-state index contributed by atoms with van der Waals surface area (Å²) >= 11 is 6.12. The lowest BCUT2D eigenvalue weighted by atomic mass is 9.94. The lowest BCUT2D eigenvalue weighted by Crippen LogP contribution is -2.43. The van der Waals surface area contributed by atoms with Gasteiger partial charge >= 0.3 is 12.2 Å². The molecule has 0 saturated carbocycles. The fourth-order valence-corrected chi connectivity index (χ4v) is 8.46. The number of nitrogens with zero attached hydrogens (tertiary/aromatic N) is 7. The van der Waals surface area contributed by atoms with Crippen molar-refractivity contribution in [2.45, 2.75) is 89.4 Å². The van der Waals surface area contributed by atoms with Gasteiger partial charge in [-0.1, -0.05) is 18.5 Å². The van der Waals surface area contributed by atoms with Crippen molar-refractivity contribution in [2.75, 3.05) is 51.0 Å². The first kappa shape index (κ1) is 38.7. The first-order valence-electron chi connectivity index (χ1n) is 17.7. The van der Waals surface area contributed by atoms with Crippen molar-refractivity contribution < 1.29 is 36.2 Å². The van der Waals surface area contributed by atoms with E-state index in [2.05, 4.69) is 16.4 Å². The van der Waals surface area contributed by atoms with E-state index in [1.54, 1.807) is 14.1 Å². The van der Waals surface area contributed by atoms with E-state index in [1.165, 1.54) is 11.0 Å². The molecule has 7 rings (SSSR count). The molecule has 3 aromatic rings. The molecule has 288 valence electrons. The van der Waals surface area contributed by atoms with Crippen LogP contribution >= 0.6 is 11.6 Å². The highest BCUT2D eigenvalue weighted by atomic mass is 35.5. The van der Waals surface area contributed by atoms with E-state index < -0.39 is 28.9 Å². The number of fused-ring (bicyclic) bond motifs is 3. The number of amides is 1. The van der Waals surface area contributed by atoms with Gasteiger partial charge in [0.15, 0.2) is 5.69 Å². The third kappa shape index (κ3) is 7.95. The fraction of sp³-hybridized carbons (Fsp3) is 0.556. The zero-order valence-electron chi connectivity index (χ0n) is 30.0. The molecule has 2 N–H and O–H groups in total. The van der Waals surface area contributed by atoms with Crippen LogP contribution < -0.4 is 15.4 Å². The number of ether oxygens (including phenoxy) is 2. The maximum absolute atomic E-state index is 14.3. The van der Waals surface area contributed by atoms with Crippen molar-refractivity contribution in [1.29, 1.82) is 0 Å². The number of hydrogen-bond acceptors (Lipinski definition) is 9. The molecule has 4 aliphatic rings. The molecule has 1 atom stereocenters. The highest BCUT2D eigenvalue weighted by molar-refractivity contribution is 6.31. The Bertz CT molecular complexity index is 1860. The van der Waals surface area contributed by atoms with Gasteiger partial charge in [0.1, 0.15) is 12.4 Å². The largest absolute Gasteiger partial charge is 0.461 e. The Morgan fingerprint density at radius 1 is 1.13 bits per heavy atom. The summed E-state index contributed by atoms with van der Waals surface area (Å²) in [5, 5.41) is 4.25. The number of alkyl halides is 3. The average molecular weight is 767 g/mol. The van der Waals surface area contributed by atoms with Gasteiger partial charge in [-0.2, -0.15) is 37.0 Å². The summed E-state index contributed by atoms with van der Waals surface area (Å²) in [6, 6.07) is 2.59. The van der Waals surface area contributed by atoms with Crippen molar-refractivity contribution in [3.05, 3.63) is 69.2 Å². The van der Waals surface area contributed by atoms with Crippen molar-refractivity contribution in [2.24, 2.45) is 0 Å². The second-order valence-electron chi connectivity index (χ2n) is 14.1. The van der Waals surface area contributed by atoms with Gasteiger partial charge < -0.3 is 25.0 Å². The fourth-order valence-electron chi connectivity index (χ4n) is 8.12. The molecule has 17 heteroatoms. The first-order valence-corrected chi connectivity index (χ1v) is 18.1. The van der Waals surface area contributed by atoms with Gasteiger partial charge in [0, 0.05) is 50.4 Å². The van der Waals surface area contributed by atoms with Gasteiger partial charge in [-0.05, 0) is 75.9 Å². The number of halogens is 6. The number of nitrogen functional groups attached to an aromatic ring is 1. The Kier molecular flexibility index (Phi) is 11.2. The normalized spacial score (nSPS) is 19.4. The molecule has 6 heterocycles. The lowest BCUT2D eigenvalue weighted by molar-refractivity contribution is -0.139. The molecule has 2 aromatic heterocycles. The number of hydrogen-bond donors (Lipinski definition) is 1. The molecular weight excluding hydrogens is 723 g/mol. The first-order chi connectivity index (χ1) is 25.1. The number of aromatic nitrogens is 4. The highest BCUT2D eigenvalue weighted by Gasteiger charge is 2.45. The average Bonchev–Trinajstić information content (AvgIpc) is 3.73. The van der Waals surface area contributed by atoms with E-state index >= 15 is 0 Å². The van der Waals surface area contributed by atoms with Crippen molar-refractivity contribution in [3.8, 4) is 6.01 Å². The van der Waals surface area contributed by atoms with Gasteiger partial charge in [-0.15, -0.1) is 0 Å². The highest BCUT2D eigenvalue weighted by Crippen LogP contribution is 2.45. The van der Waals surface area contributed by atoms with Crippen molar-refractivity contribution in [3.63, 3.8) is 0 Å². The Labute approximate surface area is 309 Å². The molecule has 2 fully saturated rings. The van der Waals surface area contributed by atoms with E-state index in [4.69, 9.17) is 41.9 Å². The van der Waals surface area contributed by atoms with Gasteiger partial charge in [0.25, 0.3) is 12.0 Å². The Hall–Kier alpha value is -4.02.